The average molecular weight is 333 g/mol. The van der Waals surface area contributed by atoms with Crippen molar-refractivity contribution in [1.82, 2.24) is 0 Å². The van der Waals surface area contributed by atoms with Gasteiger partial charge in [0.2, 0.25) is 0 Å². The number of hydrogen-bond acceptors (Lipinski definition) is 5. The molecule has 0 spiro atoms. The monoisotopic (exact) mass is 333 g/mol. The van der Waals surface area contributed by atoms with Crippen molar-refractivity contribution < 1.29 is 9.72 Å². The molecule has 0 amide bonds. The number of hydrogen-bond donors (Lipinski definition) is 2. The van der Waals surface area contributed by atoms with Crippen molar-refractivity contribution in [3.63, 3.8) is 0 Å². The lowest BCUT2D eigenvalue weighted by Gasteiger charge is -2.10. The fraction of sp³-hybridized carbons (Fsp3) is 0. The molecule has 0 saturated heterocycles. The molecule has 6 heteroatoms. The summed E-state index contributed by atoms with van der Waals surface area (Å²) in [7, 11) is 0. The lowest BCUT2D eigenvalue weighted by Crippen LogP contribution is -2.01. The molecule has 0 aliphatic rings. The molecular weight excluding hydrogens is 318 g/mol. The van der Waals surface area contributed by atoms with Gasteiger partial charge in [-0.3, -0.25) is 14.9 Å². The van der Waals surface area contributed by atoms with Crippen LogP contribution in [0.2, 0.25) is 0 Å². The third-order valence-electron chi connectivity index (χ3n) is 3.71. The van der Waals surface area contributed by atoms with Crippen LogP contribution in [0.25, 0.3) is 0 Å². The van der Waals surface area contributed by atoms with Gasteiger partial charge in [-0.25, -0.2) is 0 Å². The molecule has 6 nitrogen and oxygen atoms in total. The van der Waals surface area contributed by atoms with Gasteiger partial charge < -0.3 is 11.1 Å². The molecule has 0 heterocycles. The highest BCUT2D eigenvalue weighted by molar-refractivity contribution is 6.09. The molecule has 0 fully saturated rings. The number of rotatable bonds is 5. The number of nitrogen functional groups attached to an aromatic ring is 1. The molecule has 3 N–H and O–H groups in total. The van der Waals surface area contributed by atoms with E-state index < -0.39 is 4.92 Å². The van der Waals surface area contributed by atoms with Crippen LogP contribution in [-0.4, -0.2) is 10.7 Å². The summed E-state index contributed by atoms with van der Waals surface area (Å²) >= 11 is 0. The van der Waals surface area contributed by atoms with E-state index in [2.05, 4.69) is 5.32 Å². The zero-order valence-electron chi connectivity index (χ0n) is 13.2. The number of anilines is 3. The molecule has 0 atom stereocenters. The molecule has 0 unspecified atom stereocenters. The number of nitro benzene ring substituents is 1. The van der Waals surface area contributed by atoms with E-state index in [0.717, 1.165) is 5.69 Å². The first kappa shape index (κ1) is 16.2. The van der Waals surface area contributed by atoms with E-state index in [1.807, 2.05) is 18.2 Å². The van der Waals surface area contributed by atoms with Gasteiger partial charge in [-0.1, -0.05) is 30.3 Å². The largest absolute Gasteiger partial charge is 0.397 e. The fourth-order valence-corrected chi connectivity index (χ4v) is 2.39. The van der Waals surface area contributed by atoms with Gasteiger partial charge in [-0.15, -0.1) is 0 Å². The standard InChI is InChI=1S/C19H15N3O3/c20-17-12-16(22(24)25)10-11-18(17)21-15-8-6-14(7-9-15)19(23)13-4-2-1-3-5-13/h1-12,21H,20H2. The van der Waals surface area contributed by atoms with Crippen LogP contribution in [0.4, 0.5) is 22.7 Å². The third kappa shape index (κ3) is 3.64. The lowest BCUT2D eigenvalue weighted by atomic mass is 10.0. The first-order chi connectivity index (χ1) is 12.0. The van der Waals surface area contributed by atoms with Crippen LogP contribution < -0.4 is 11.1 Å². The Bertz CT molecular complexity index is 922. The van der Waals surface area contributed by atoms with Gasteiger partial charge in [0.1, 0.15) is 0 Å². The maximum absolute atomic E-state index is 12.4. The molecule has 0 aliphatic heterocycles. The lowest BCUT2D eigenvalue weighted by molar-refractivity contribution is -0.384. The number of benzene rings is 3. The molecule has 25 heavy (non-hydrogen) atoms. The van der Waals surface area contributed by atoms with E-state index in [1.54, 1.807) is 42.5 Å². The minimum absolute atomic E-state index is 0.0537. The zero-order valence-corrected chi connectivity index (χ0v) is 13.2. The summed E-state index contributed by atoms with van der Waals surface area (Å²) < 4.78 is 0. The second kappa shape index (κ2) is 6.84. The van der Waals surface area contributed by atoms with Crippen LogP contribution in [0, 0.1) is 10.1 Å². The molecule has 3 rings (SSSR count). The minimum Gasteiger partial charge on any atom is -0.397 e. The number of ketones is 1. The van der Waals surface area contributed by atoms with Gasteiger partial charge in [0, 0.05) is 28.9 Å². The van der Waals surface area contributed by atoms with Gasteiger partial charge in [0.05, 0.1) is 16.3 Å². The molecule has 0 bridgehead atoms. The summed E-state index contributed by atoms with van der Waals surface area (Å²) in [5.41, 5.74) is 8.55. The average Bonchev–Trinajstić information content (AvgIpc) is 2.64. The molecule has 3 aromatic carbocycles. The van der Waals surface area contributed by atoms with Crippen LogP contribution in [0.1, 0.15) is 15.9 Å². The summed E-state index contributed by atoms with van der Waals surface area (Å²) in [4.78, 5) is 22.6. The summed E-state index contributed by atoms with van der Waals surface area (Å²) in [5.74, 6) is -0.0537. The molecule has 0 aliphatic carbocycles. The molecule has 124 valence electrons. The number of carbonyl (C=O) groups is 1. The highest BCUT2D eigenvalue weighted by Gasteiger charge is 2.10. The Morgan fingerprint density at radius 1 is 0.920 bits per heavy atom. The van der Waals surface area contributed by atoms with Crippen LogP contribution in [0.5, 0.6) is 0 Å². The summed E-state index contributed by atoms with van der Waals surface area (Å²) in [5, 5.41) is 13.8. The Morgan fingerprint density at radius 3 is 2.16 bits per heavy atom. The Balaban J connectivity index is 1.77. The van der Waals surface area contributed by atoms with Crippen molar-refractivity contribution >= 4 is 28.5 Å². The van der Waals surface area contributed by atoms with Crippen molar-refractivity contribution in [2.24, 2.45) is 0 Å². The molecule has 3 aromatic rings. The smallest absolute Gasteiger partial charge is 0.271 e. The SMILES string of the molecule is Nc1cc([N+](=O)[O-])ccc1Nc1ccc(C(=O)c2ccccc2)cc1. The first-order valence-electron chi connectivity index (χ1n) is 7.55. The maximum atomic E-state index is 12.4. The van der Waals surface area contributed by atoms with E-state index in [1.165, 1.54) is 12.1 Å². The van der Waals surface area contributed by atoms with Crippen molar-refractivity contribution in [2.45, 2.75) is 0 Å². The Hall–Kier alpha value is -3.67. The quantitative estimate of drug-likeness (QED) is 0.316. The van der Waals surface area contributed by atoms with E-state index in [9.17, 15) is 14.9 Å². The topological polar surface area (TPSA) is 98.3 Å². The summed E-state index contributed by atoms with van der Waals surface area (Å²) in [6, 6.07) is 20.2. The van der Waals surface area contributed by atoms with E-state index in [-0.39, 0.29) is 17.2 Å². The number of nitrogens with two attached hydrogens (primary N) is 1. The van der Waals surface area contributed by atoms with Crippen molar-refractivity contribution in [1.29, 1.82) is 0 Å². The van der Waals surface area contributed by atoms with Crippen molar-refractivity contribution in [3.05, 3.63) is 94.0 Å². The third-order valence-corrected chi connectivity index (χ3v) is 3.71. The van der Waals surface area contributed by atoms with Crippen LogP contribution in [0.3, 0.4) is 0 Å². The van der Waals surface area contributed by atoms with Crippen LogP contribution in [-0.2, 0) is 0 Å². The number of non-ortho nitro benzene ring substituents is 1. The van der Waals surface area contributed by atoms with E-state index in [0.29, 0.717) is 16.8 Å². The normalized spacial score (nSPS) is 10.2. The van der Waals surface area contributed by atoms with E-state index >= 15 is 0 Å². The molecule has 0 saturated carbocycles. The van der Waals surface area contributed by atoms with Gasteiger partial charge >= 0.3 is 0 Å². The predicted molar refractivity (Wildman–Crippen MR) is 97.1 cm³/mol. The van der Waals surface area contributed by atoms with Crippen molar-refractivity contribution in [2.75, 3.05) is 11.1 Å². The number of nitrogens with one attached hydrogen (secondary N) is 1. The molecule has 0 aromatic heterocycles. The van der Waals surface area contributed by atoms with Crippen LogP contribution in [0.15, 0.2) is 72.8 Å². The Morgan fingerprint density at radius 2 is 1.56 bits per heavy atom. The number of nitro groups is 1. The summed E-state index contributed by atoms with van der Waals surface area (Å²) in [6.07, 6.45) is 0. The predicted octanol–water partition coefficient (Wildman–Crippen LogP) is 4.15. The van der Waals surface area contributed by atoms with E-state index in [4.69, 9.17) is 5.73 Å². The number of nitrogens with zero attached hydrogens (tertiary/aromatic N) is 1. The number of carbonyl (C=O) groups excluding carboxylic acids is 1. The molecular formula is C19H15N3O3. The highest BCUT2D eigenvalue weighted by atomic mass is 16.6. The Kier molecular flexibility index (Phi) is 4.43. The first-order valence-corrected chi connectivity index (χ1v) is 7.55. The van der Waals surface area contributed by atoms with Crippen LogP contribution >= 0.6 is 0 Å². The second-order valence-corrected chi connectivity index (χ2v) is 5.43. The van der Waals surface area contributed by atoms with Gasteiger partial charge in [0.25, 0.3) is 5.69 Å². The maximum Gasteiger partial charge on any atom is 0.271 e. The highest BCUT2D eigenvalue weighted by Crippen LogP contribution is 2.27. The fourth-order valence-electron chi connectivity index (χ4n) is 2.39. The van der Waals surface area contributed by atoms with Gasteiger partial charge in [-0.2, -0.15) is 0 Å². The second-order valence-electron chi connectivity index (χ2n) is 5.43. The Labute approximate surface area is 144 Å². The van der Waals surface area contributed by atoms with Crippen molar-refractivity contribution in [3.8, 4) is 0 Å². The van der Waals surface area contributed by atoms with Gasteiger partial charge in [-0.05, 0) is 30.3 Å². The summed E-state index contributed by atoms with van der Waals surface area (Å²) in [6.45, 7) is 0. The zero-order chi connectivity index (χ0) is 17.8. The van der Waals surface area contributed by atoms with Gasteiger partial charge in [0.15, 0.2) is 5.78 Å². The minimum atomic E-state index is -0.496. The molecule has 0 radical (unpaired) electrons.